The minimum atomic E-state index is -0.620. The Labute approximate surface area is 181 Å². The molecule has 2 aliphatic heterocycles. The molecule has 1 aromatic carbocycles. The highest BCUT2D eigenvalue weighted by atomic mass is 16.3. The van der Waals surface area contributed by atoms with Gasteiger partial charge in [-0.05, 0) is 29.7 Å². The number of hydrogen-bond acceptors (Lipinski definition) is 5. The summed E-state index contributed by atoms with van der Waals surface area (Å²) in [5.41, 5.74) is 2.62. The van der Waals surface area contributed by atoms with Gasteiger partial charge >= 0.3 is 11.8 Å². The molecule has 2 aromatic rings. The first-order valence-electron chi connectivity index (χ1n) is 10.7. The quantitative estimate of drug-likeness (QED) is 0.745. The molecule has 3 heterocycles. The van der Waals surface area contributed by atoms with Crippen LogP contribution in [0, 0.1) is 0 Å². The number of piperazine rings is 1. The summed E-state index contributed by atoms with van der Waals surface area (Å²) in [6.45, 7) is 5.06. The second-order valence-corrected chi connectivity index (χ2v) is 8.03. The number of nitrogens with one attached hydrogen (secondary N) is 1. The average Bonchev–Trinajstić information content (AvgIpc) is 3.33. The summed E-state index contributed by atoms with van der Waals surface area (Å²) in [5.74, 6) is -0.418. The molecule has 2 aliphatic rings. The van der Waals surface area contributed by atoms with Crippen molar-refractivity contribution >= 4 is 17.7 Å². The molecule has 0 bridgehead atoms. The Morgan fingerprint density at radius 3 is 2.35 bits per heavy atom. The van der Waals surface area contributed by atoms with E-state index in [2.05, 4.69) is 28.4 Å². The van der Waals surface area contributed by atoms with Crippen LogP contribution in [0.25, 0.3) is 0 Å². The van der Waals surface area contributed by atoms with E-state index < -0.39 is 11.8 Å². The van der Waals surface area contributed by atoms with Crippen LogP contribution in [0.2, 0.25) is 0 Å². The Kier molecular flexibility index (Phi) is 6.36. The number of carbonyl (C=O) groups excluding carboxylic acids is 3. The second kappa shape index (κ2) is 9.34. The van der Waals surface area contributed by atoms with Gasteiger partial charge in [-0.3, -0.25) is 19.3 Å². The molecular formula is C23H28N4O4. The normalized spacial score (nSPS) is 17.7. The maximum atomic E-state index is 12.6. The number of furan rings is 1. The largest absolute Gasteiger partial charge is 0.468 e. The van der Waals surface area contributed by atoms with Gasteiger partial charge in [0, 0.05) is 52.7 Å². The fourth-order valence-electron chi connectivity index (χ4n) is 4.31. The van der Waals surface area contributed by atoms with Crippen LogP contribution in [0.4, 0.5) is 0 Å². The predicted octanol–water partition coefficient (Wildman–Crippen LogP) is 1.19. The van der Waals surface area contributed by atoms with E-state index in [0.29, 0.717) is 26.2 Å². The van der Waals surface area contributed by atoms with E-state index in [9.17, 15) is 14.4 Å². The molecule has 1 atom stereocenters. The van der Waals surface area contributed by atoms with Crippen LogP contribution in [0.15, 0.2) is 47.1 Å². The predicted molar refractivity (Wildman–Crippen MR) is 114 cm³/mol. The van der Waals surface area contributed by atoms with Gasteiger partial charge in [0.2, 0.25) is 5.91 Å². The molecule has 0 radical (unpaired) electrons. The molecule has 1 fully saturated rings. The summed E-state index contributed by atoms with van der Waals surface area (Å²) in [6.07, 6.45) is 2.56. The van der Waals surface area contributed by atoms with Crippen molar-refractivity contribution in [3.05, 3.63) is 59.5 Å². The molecular weight excluding hydrogens is 396 g/mol. The maximum Gasteiger partial charge on any atom is 0.312 e. The Balaban J connectivity index is 1.38. The first-order valence-corrected chi connectivity index (χ1v) is 10.7. The molecule has 1 aromatic heterocycles. The minimum absolute atomic E-state index is 0.0130. The van der Waals surface area contributed by atoms with Crippen LogP contribution in [-0.2, 0) is 27.3 Å². The third-order valence-electron chi connectivity index (χ3n) is 6.13. The van der Waals surface area contributed by atoms with Crippen molar-refractivity contribution in [3.63, 3.8) is 0 Å². The van der Waals surface area contributed by atoms with Crippen LogP contribution < -0.4 is 5.32 Å². The van der Waals surface area contributed by atoms with E-state index in [0.717, 1.165) is 25.3 Å². The highest BCUT2D eigenvalue weighted by Gasteiger charge is 2.30. The summed E-state index contributed by atoms with van der Waals surface area (Å²) in [6, 6.07) is 12.0. The van der Waals surface area contributed by atoms with Crippen LogP contribution in [0.5, 0.6) is 0 Å². The molecule has 0 aliphatic carbocycles. The van der Waals surface area contributed by atoms with Gasteiger partial charge in [0.1, 0.15) is 5.76 Å². The molecule has 0 unspecified atom stereocenters. The van der Waals surface area contributed by atoms with E-state index >= 15 is 0 Å². The van der Waals surface area contributed by atoms with Crippen LogP contribution in [-0.4, -0.2) is 71.7 Å². The minimum Gasteiger partial charge on any atom is -0.468 e. The Morgan fingerprint density at radius 2 is 1.68 bits per heavy atom. The van der Waals surface area contributed by atoms with Crippen LogP contribution in [0.3, 0.4) is 0 Å². The number of amides is 3. The monoisotopic (exact) mass is 424 g/mol. The molecule has 164 valence electrons. The molecule has 3 amide bonds. The van der Waals surface area contributed by atoms with E-state index in [1.165, 1.54) is 23.0 Å². The number of rotatable bonds is 4. The van der Waals surface area contributed by atoms with Gasteiger partial charge in [-0.25, -0.2) is 0 Å². The topological polar surface area (TPSA) is 86.1 Å². The number of nitrogens with zero attached hydrogens (tertiary/aromatic N) is 3. The van der Waals surface area contributed by atoms with E-state index in [-0.39, 0.29) is 18.5 Å². The van der Waals surface area contributed by atoms with Gasteiger partial charge in [0.15, 0.2) is 0 Å². The van der Waals surface area contributed by atoms with Crippen molar-refractivity contribution in [3.8, 4) is 0 Å². The first-order chi connectivity index (χ1) is 15.0. The lowest BCUT2D eigenvalue weighted by molar-refractivity contribution is -0.148. The molecule has 0 spiro atoms. The molecule has 8 heteroatoms. The van der Waals surface area contributed by atoms with Crippen LogP contribution in [0.1, 0.15) is 29.9 Å². The van der Waals surface area contributed by atoms with Gasteiger partial charge in [-0.2, -0.15) is 0 Å². The van der Waals surface area contributed by atoms with E-state index in [1.54, 1.807) is 11.2 Å². The summed E-state index contributed by atoms with van der Waals surface area (Å²) >= 11 is 0. The third kappa shape index (κ3) is 4.80. The summed E-state index contributed by atoms with van der Waals surface area (Å²) in [5, 5.41) is 2.81. The smallest absolute Gasteiger partial charge is 0.312 e. The van der Waals surface area contributed by atoms with Gasteiger partial charge in [0.25, 0.3) is 0 Å². The zero-order valence-corrected chi connectivity index (χ0v) is 17.8. The highest BCUT2D eigenvalue weighted by molar-refractivity contribution is 6.35. The molecule has 0 saturated carbocycles. The van der Waals surface area contributed by atoms with E-state index in [4.69, 9.17) is 4.42 Å². The average molecular weight is 425 g/mol. The summed E-state index contributed by atoms with van der Waals surface area (Å²) in [7, 11) is 0. The van der Waals surface area contributed by atoms with Crippen molar-refractivity contribution < 1.29 is 18.8 Å². The Bertz CT molecular complexity index is 935. The van der Waals surface area contributed by atoms with Gasteiger partial charge in [-0.15, -0.1) is 0 Å². The maximum absolute atomic E-state index is 12.6. The molecule has 1 saturated heterocycles. The van der Waals surface area contributed by atoms with Crippen molar-refractivity contribution in [1.82, 2.24) is 20.0 Å². The molecule has 1 N–H and O–H groups in total. The summed E-state index contributed by atoms with van der Waals surface area (Å²) in [4.78, 5) is 42.1. The van der Waals surface area contributed by atoms with E-state index in [1.807, 2.05) is 18.2 Å². The SMILES string of the molecule is CC(=O)N1CCN(C(=O)C(=O)NC[C@H](c2ccco2)N2CCc3ccccc3C2)CC1. The third-order valence-corrected chi connectivity index (χ3v) is 6.13. The molecule has 8 nitrogen and oxygen atoms in total. The zero-order valence-electron chi connectivity index (χ0n) is 17.8. The number of hydrogen-bond donors (Lipinski definition) is 1. The van der Waals surface area contributed by atoms with Crippen molar-refractivity contribution in [2.45, 2.75) is 25.9 Å². The van der Waals surface area contributed by atoms with Gasteiger partial charge in [-0.1, -0.05) is 24.3 Å². The van der Waals surface area contributed by atoms with Crippen molar-refractivity contribution in [1.29, 1.82) is 0 Å². The summed E-state index contributed by atoms with van der Waals surface area (Å²) < 4.78 is 5.65. The number of carbonyl (C=O) groups is 3. The number of benzene rings is 1. The lowest BCUT2D eigenvalue weighted by atomic mass is 9.98. The lowest BCUT2D eigenvalue weighted by Gasteiger charge is -2.35. The molecule has 4 rings (SSSR count). The fraction of sp³-hybridized carbons (Fsp3) is 0.435. The Hall–Kier alpha value is -3.13. The van der Waals surface area contributed by atoms with Gasteiger partial charge < -0.3 is 19.5 Å². The zero-order chi connectivity index (χ0) is 21.8. The Morgan fingerprint density at radius 1 is 0.968 bits per heavy atom. The van der Waals surface area contributed by atoms with Gasteiger partial charge in [0.05, 0.1) is 12.3 Å². The van der Waals surface area contributed by atoms with Crippen LogP contribution >= 0.6 is 0 Å². The molecule has 31 heavy (non-hydrogen) atoms. The highest BCUT2D eigenvalue weighted by Crippen LogP contribution is 2.27. The lowest BCUT2D eigenvalue weighted by Crippen LogP contribution is -2.54. The van der Waals surface area contributed by atoms with Crippen molar-refractivity contribution in [2.75, 3.05) is 39.3 Å². The first kappa shape index (κ1) is 21.1. The number of fused-ring (bicyclic) bond motifs is 1. The van der Waals surface area contributed by atoms with Crippen molar-refractivity contribution in [2.24, 2.45) is 0 Å². The standard InChI is InChI=1S/C23H28N4O4/c1-17(28)25-10-12-26(13-11-25)23(30)22(29)24-15-20(21-7-4-14-31-21)27-9-8-18-5-2-3-6-19(18)16-27/h2-7,14,20H,8-13,15-16H2,1H3,(H,24,29)/t20-/m1/s1. The fourth-order valence-corrected chi connectivity index (χ4v) is 4.31. The second-order valence-electron chi connectivity index (χ2n) is 8.03.